The first kappa shape index (κ1) is 23.5. The molecule has 0 unspecified atom stereocenters. The highest BCUT2D eigenvalue weighted by molar-refractivity contribution is 7.99. The number of carbonyl (C=O) groups excluding carboxylic acids is 1. The van der Waals surface area contributed by atoms with E-state index in [9.17, 15) is 4.79 Å². The molecular formula is C22H30ClN3O2S. The summed E-state index contributed by atoms with van der Waals surface area (Å²) in [5.74, 6) is 0.644. The molecule has 0 saturated heterocycles. The summed E-state index contributed by atoms with van der Waals surface area (Å²) in [7, 11) is 0. The Balaban J connectivity index is 0.00000300. The highest BCUT2D eigenvalue weighted by Crippen LogP contribution is 2.46. The van der Waals surface area contributed by atoms with Crippen LogP contribution < -0.4 is 4.90 Å². The molecule has 1 aromatic heterocycles. The Morgan fingerprint density at radius 1 is 1.03 bits per heavy atom. The van der Waals surface area contributed by atoms with Gasteiger partial charge in [-0.3, -0.25) is 4.90 Å². The van der Waals surface area contributed by atoms with Crippen LogP contribution in [-0.2, 0) is 4.74 Å². The predicted octanol–water partition coefficient (Wildman–Crippen LogP) is 6.14. The number of hydrogen-bond donors (Lipinski definition) is 0. The molecular weight excluding hydrogens is 406 g/mol. The van der Waals surface area contributed by atoms with E-state index in [-0.39, 0.29) is 18.5 Å². The summed E-state index contributed by atoms with van der Waals surface area (Å²) in [5, 5.41) is 0. The van der Waals surface area contributed by atoms with Crippen LogP contribution in [0.4, 0.5) is 16.3 Å². The summed E-state index contributed by atoms with van der Waals surface area (Å²) < 4.78 is 5.68. The van der Waals surface area contributed by atoms with E-state index in [4.69, 9.17) is 4.74 Å². The quantitative estimate of drug-likeness (QED) is 0.473. The average Bonchev–Trinajstić information content (AvgIpc) is 2.73. The minimum Gasteiger partial charge on any atom is -0.448 e. The summed E-state index contributed by atoms with van der Waals surface area (Å²) >= 11 is 1.63. The maximum Gasteiger partial charge on any atom is 0.420 e. The van der Waals surface area contributed by atoms with E-state index in [0.29, 0.717) is 12.4 Å². The van der Waals surface area contributed by atoms with Crippen molar-refractivity contribution in [1.82, 2.24) is 9.88 Å². The van der Waals surface area contributed by atoms with Gasteiger partial charge >= 0.3 is 6.09 Å². The Morgan fingerprint density at radius 3 is 2.45 bits per heavy atom. The monoisotopic (exact) mass is 435 g/mol. The number of benzene rings is 1. The van der Waals surface area contributed by atoms with Crippen LogP contribution in [0.5, 0.6) is 0 Å². The lowest BCUT2D eigenvalue weighted by molar-refractivity contribution is 0.133. The molecule has 5 nitrogen and oxygen atoms in total. The van der Waals surface area contributed by atoms with Crippen molar-refractivity contribution in [2.45, 2.75) is 49.3 Å². The van der Waals surface area contributed by atoms with E-state index in [0.717, 1.165) is 35.1 Å². The van der Waals surface area contributed by atoms with Gasteiger partial charge in [-0.25, -0.2) is 14.7 Å². The number of halogens is 1. The van der Waals surface area contributed by atoms with Gasteiger partial charge in [0.05, 0.1) is 10.6 Å². The largest absolute Gasteiger partial charge is 0.448 e. The molecule has 2 aromatic rings. The lowest BCUT2D eigenvalue weighted by Gasteiger charge is -2.29. The summed E-state index contributed by atoms with van der Waals surface area (Å²) in [4.78, 5) is 23.4. The smallest absolute Gasteiger partial charge is 0.420 e. The number of nitrogens with zero attached hydrogens (tertiary/aromatic N) is 3. The molecule has 3 rings (SSSR count). The summed E-state index contributed by atoms with van der Waals surface area (Å²) in [6.07, 6.45) is 6.04. The van der Waals surface area contributed by atoms with Crippen molar-refractivity contribution in [1.29, 1.82) is 0 Å². The van der Waals surface area contributed by atoms with E-state index >= 15 is 0 Å². The molecule has 1 aromatic carbocycles. The molecule has 1 aliphatic heterocycles. The van der Waals surface area contributed by atoms with Crippen LogP contribution in [0.1, 0.15) is 39.5 Å². The van der Waals surface area contributed by atoms with Gasteiger partial charge in [0.2, 0.25) is 0 Å². The lowest BCUT2D eigenvalue weighted by atomic mass is 10.2. The van der Waals surface area contributed by atoms with Crippen LogP contribution in [0.3, 0.4) is 0 Å². The van der Waals surface area contributed by atoms with Gasteiger partial charge < -0.3 is 4.74 Å². The molecule has 0 bridgehead atoms. The highest BCUT2D eigenvalue weighted by Gasteiger charge is 2.30. The van der Waals surface area contributed by atoms with Crippen LogP contribution in [0.15, 0.2) is 52.4 Å². The summed E-state index contributed by atoms with van der Waals surface area (Å²) in [6, 6.07) is 11.8. The molecule has 1 aliphatic rings. The van der Waals surface area contributed by atoms with Gasteiger partial charge in [0.15, 0.2) is 5.82 Å². The van der Waals surface area contributed by atoms with Gasteiger partial charge in [0.25, 0.3) is 0 Å². The minimum atomic E-state index is -0.362. The number of unbranched alkanes of at least 4 members (excludes halogenated alkanes) is 2. The van der Waals surface area contributed by atoms with Crippen molar-refractivity contribution >= 4 is 41.8 Å². The predicted molar refractivity (Wildman–Crippen MR) is 122 cm³/mol. The number of anilines is 2. The molecule has 0 radical (unpaired) electrons. The van der Waals surface area contributed by atoms with Crippen LogP contribution in [0, 0.1) is 0 Å². The Morgan fingerprint density at radius 2 is 1.72 bits per heavy atom. The number of para-hydroxylation sites is 1. The molecule has 1 amide bonds. The Kier molecular flexibility index (Phi) is 9.78. The lowest BCUT2D eigenvalue weighted by Crippen LogP contribution is -2.34. The maximum absolute atomic E-state index is 13.0. The summed E-state index contributed by atoms with van der Waals surface area (Å²) in [6.45, 7) is 7.68. The van der Waals surface area contributed by atoms with Gasteiger partial charge in [-0.2, -0.15) is 0 Å². The molecule has 2 heterocycles. The zero-order valence-electron chi connectivity index (χ0n) is 17.2. The van der Waals surface area contributed by atoms with E-state index in [1.165, 1.54) is 25.7 Å². The highest BCUT2D eigenvalue weighted by atomic mass is 35.5. The second-order valence-electron chi connectivity index (χ2n) is 6.89. The molecule has 0 spiro atoms. The van der Waals surface area contributed by atoms with Gasteiger partial charge in [-0.15, -0.1) is 12.4 Å². The first-order valence-corrected chi connectivity index (χ1v) is 11.0. The van der Waals surface area contributed by atoms with Gasteiger partial charge in [0.1, 0.15) is 6.61 Å². The van der Waals surface area contributed by atoms with Crippen LogP contribution in [0.2, 0.25) is 0 Å². The van der Waals surface area contributed by atoms with E-state index in [1.807, 2.05) is 36.4 Å². The molecule has 0 atom stereocenters. The van der Waals surface area contributed by atoms with Crippen molar-refractivity contribution in [3.63, 3.8) is 0 Å². The zero-order chi connectivity index (χ0) is 19.8. The third kappa shape index (κ3) is 6.11. The number of hydrogen-bond acceptors (Lipinski definition) is 5. The average molecular weight is 436 g/mol. The molecule has 0 fully saturated rings. The van der Waals surface area contributed by atoms with Crippen molar-refractivity contribution in [2.24, 2.45) is 0 Å². The fourth-order valence-electron chi connectivity index (χ4n) is 3.20. The van der Waals surface area contributed by atoms with Gasteiger partial charge in [-0.05, 0) is 50.2 Å². The van der Waals surface area contributed by atoms with E-state index in [2.05, 4.69) is 23.7 Å². The standard InChI is InChI=1S/C22H29N3O2S.ClH/c1-3-5-14-24(15-6-4-2)16-17-27-22(26)25-18-10-7-8-11-19(18)28-20-12-9-13-23-21(20)25;/h7-13H,3-6,14-17H2,1-2H3;1H. The molecule has 0 N–H and O–H groups in total. The topological polar surface area (TPSA) is 45.7 Å². The Labute approximate surface area is 184 Å². The number of aromatic nitrogens is 1. The number of amides is 1. The van der Waals surface area contributed by atoms with E-state index in [1.54, 1.807) is 22.9 Å². The molecule has 0 aliphatic carbocycles. The van der Waals surface area contributed by atoms with Crippen molar-refractivity contribution < 1.29 is 9.53 Å². The fourth-order valence-corrected chi connectivity index (χ4v) is 4.23. The third-order valence-corrected chi connectivity index (χ3v) is 5.86. The van der Waals surface area contributed by atoms with Crippen molar-refractivity contribution in [2.75, 3.05) is 31.1 Å². The molecule has 7 heteroatoms. The van der Waals surface area contributed by atoms with Crippen LogP contribution in [0.25, 0.3) is 0 Å². The fraction of sp³-hybridized carbons (Fsp3) is 0.455. The molecule has 158 valence electrons. The normalized spacial score (nSPS) is 12.2. The second kappa shape index (κ2) is 12.1. The Hall–Kier alpha value is -1.76. The molecule has 0 saturated carbocycles. The Bertz CT molecular complexity index is 737. The van der Waals surface area contributed by atoms with Gasteiger partial charge in [0, 0.05) is 17.6 Å². The summed E-state index contributed by atoms with van der Waals surface area (Å²) in [5.41, 5.74) is 0.831. The van der Waals surface area contributed by atoms with Crippen molar-refractivity contribution in [3.8, 4) is 0 Å². The van der Waals surface area contributed by atoms with Gasteiger partial charge in [-0.1, -0.05) is 50.6 Å². The number of rotatable bonds is 9. The number of fused-ring (bicyclic) bond motifs is 2. The first-order valence-electron chi connectivity index (χ1n) is 10.2. The zero-order valence-corrected chi connectivity index (χ0v) is 18.8. The van der Waals surface area contributed by atoms with Crippen LogP contribution in [-0.4, -0.2) is 42.2 Å². The number of pyridine rings is 1. The number of carbonyl (C=O) groups is 1. The van der Waals surface area contributed by atoms with E-state index < -0.39 is 0 Å². The third-order valence-electron chi connectivity index (χ3n) is 4.76. The second-order valence-corrected chi connectivity index (χ2v) is 7.98. The van der Waals surface area contributed by atoms with Crippen molar-refractivity contribution in [3.05, 3.63) is 42.6 Å². The SMILES string of the molecule is CCCCN(CCCC)CCOC(=O)N1c2ccccc2Sc2cccnc21.Cl. The first-order chi connectivity index (χ1) is 13.7. The molecule has 29 heavy (non-hydrogen) atoms. The maximum atomic E-state index is 13.0. The minimum absolute atomic E-state index is 0. The number of ether oxygens (including phenoxy) is 1. The van der Waals surface area contributed by atoms with Crippen LogP contribution >= 0.6 is 24.2 Å².